The van der Waals surface area contributed by atoms with E-state index < -0.39 is 15.8 Å². The van der Waals surface area contributed by atoms with Gasteiger partial charge < -0.3 is 4.74 Å². The molecule has 0 unspecified atom stereocenters. The third kappa shape index (κ3) is 3.37. The Morgan fingerprint density at radius 2 is 1.80 bits per heavy atom. The summed E-state index contributed by atoms with van der Waals surface area (Å²) >= 11 is 0. The maximum Gasteiger partial charge on any atom is 0.264 e. The number of ketones is 1. The van der Waals surface area contributed by atoms with Crippen LogP contribution in [-0.4, -0.2) is 26.8 Å². The van der Waals surface area contributed by atoms with Crippen molar-refractivity contribution in [2.75, 3.05) is 10.8 Å². The topological polar surface area (TPSA) is 63.7 Å². The number of carbonyl (C=O) groups excluding carboxylic acids is 1. The minimum absolute atomic E-state index is 0.0164. The number of hydrogen-bond acceptors (Lipinski definition) is 4. The Kier molecular flexibility index (Phi) is 4.51. The van der Waals surface area contributed by atoms with Crippen molar-refractivity contribution in [3.05, 3.63) is 53.8 Å². The predicted octanol–water partition coefficient (Wildman–Crippen LogP) is 3.39. The maximum absolute atomic E-state index is 13.4. The molecule has 2 aromatic carbocycles. The van der Waals surface area contributed by atoms with Gasteiger partial charge in [-0.05, 0) is 56.3 Å². The molecule has 0 spiro atoms. The number of rotatable bonds is 4. The summed E-state index contributed by atoms with van der Waals surface area (Å²) in [4.78, 5) is 12.1. The number of ether oxygens (including phenoxy) is 1. The van der Waals surface area contributed by atoms with Crippen LogP contribution in [0.2, 0.25) is 0 Å². The fourth-order valence-electron chi connectivity index (χ4n) is 2.75. The lowest BCUT2D eigenvalue weighted by Gasteiger charge is -2.29. The van der Waals surface area contributed by atoms with Gasteiger partial charge in [0.1, 0.15) is 11.6 Å². The Labute approximate surface area is 146 Å². The van der Waals surface area contributed by atoms with Crippen molar-refractivity contribution in [2.24, 2.45) is 0 Å². The van der Waals surface area contributed by atoms with E-state index in [9.17, 15) is 17.6 Å². The molecule has 0 aliphatic carbocycles. The standard InChI is InChI=1S/C18H18FNO4S/c1-12(2)24-14-4-6-15(7-5-14)25(22,23)20-10-9-18(21)16-11-13(19)3-8-17(16)20/h3-8,11-12H,9-10H2,1-2H3. The summed E-state index contributed by atoms with van der Waals surface area (Å²) in [6.07, 6.45) is 0.00173. The summed E-state index contributed by atoms with van der Waals surface area (Å²) in [6.45, 7) is 3.79. The Morgan fingerprint density at radius 1 is 1.12 bits per heavy atom. The molecule has 0 radical (unpaired) electrons. The fourth-order valence-corrected chi connectivity index (χ4v) is 4.23. The van der Waals surface area contributed by atoms with E-state index in [1.54, 1.807) is 12.1 Å². The molecule has 5 nitrogen and oxygen atoms in total. The van der Waals surface area contributed by atoms with E-state index in [1.807, 2.05) is 13.8 Å². The molecule has 0 aromatic heterocycles. The lowest BCUT2D eigenvalue weighted by atomic mass is 10.0. The lowest BCUT2D eigenvalue weighted by molar-refractivity contribution is 0.0981. The highest BCUT2D eigenvalue weighted by atomic mass is 32.2. The molecule has 1 aliphatic rings. The normalized spacial score (nSPS) is 14.6. The summed E-state index contributed by atoms with van der Waals surface area (Å²) in [5.74, 6) is -0.256. The van der Waals surface area contributed by atoms with Gasteiger partial charge in [0.05, 0.1) is 16.7 Å². The number of halogens is 1. The first-order valence-corrected chi connectivity index (χ1v) is 9.35. The number of hydrogen-bond donors (Lipinski definition) is 0. The molecule has 7 heteroatoms. The molecule has 2 aromatic rings. The van der Waals surface area contributed by atoms with Crippen molar-refractivity contribution >= 4 is 21.5 Å². The van der Waals surface area contributed by atoms with Crippen molar-refractivity contribution in [1.82, 2.24) is 0 Å². The van der Waals surface area contributed by atoms with Crippen LogP contribution in [0.4, 0.5) is 10.1 Å². The predicted molar refractivity (Wildman–Crippen MR) is 92.1 cm³/mol. The smallest absolute Gasteiger partial charge is 0.264 e. The quantitative estimate of drug-likeness (QED) is 0.835. The van der Waals surface area contributed by atoms with Gasteiger partial charge in [-0.3, -0.25) is 9.10 Å². The second-order valence-electron chi connectivity index (χ2n) is 6.05. The highest BCUT2D eigenvalue weighted by molar-refractivity contribution is 7.92. The van der Waals surface area contributed by atoms with Crippen LogP contribution >= 0.6 is 0 Å². The van der Waals surface area contributed by atoms with Crippen LogP contribution < -0.4 is 9.04 Å². The van der Waals surface area contributed by atoms with Gasteiger partial charge in [-0.1, -0.05) is 0 Å². The third-order valence-electron chi connectivity index (χ3n) is 3.85. The van der Waals surface area contributed by atoms with Crippen LogP contribution in [-0.2, 0) is 10.0 Å². The molecular formula is C18H18FNO4S. The number of fused-ring (bicyclic) bond motifs is 1. The maximum atomic E-state index is 13.4. The highest BCUT2D eigenvalue weighted by Crippen LogP contribution is 2.32. The van der Waals surface area contributed by atoms with Gasteiger partial charge in [-0.15, -0.1) is 0 Å². The Hall–Kier alpha value is -2.41. The molecule has 0 bridgehead atoms. The number of anilines is 1. The minimum atomic E-state index is -3.85. The van der Waals surface area contributed by atoms with Crippen LogP contribution in [0.15, 0.2) is 47.4 Å². The van der Waals surface area contributed by atoms with Gasteiger partial charge in [-0.2, -0.15) is 0 Å². The van der Waals surface area contributed by atoms with Crippen molar-refractivity contribution in [2.45, 2.75) is 31.3 Å². The number of sulfonamides is 1. The van der Waals surface area contributed by atoms with Gasteiger partial charge in [-0.25, -0.2) is 12.8 Å². The molecule has 25 heavy (non-hydrogen) atoms. The monoisotopic (exact) mass is 363 g/mol. The van der Waals surface area contributed by atoms with Gasteiger partial charge in [0.2, 0.25) is 0 Å². The second kappa shape index (κ2) is 6.48. The van der Waals surface area contributed by atoms with E-state index in [1.165, 1.54) is 18.2 Å². The molecule has 0 amide bonds. The Balaban J connectivity index is 1.98. The zero-order valence-electron chi connectivity index (χ0n) is 13.9. The average Bonchev–Trinajstić information content (AvgIpc) is 2.55. The molecular weight excluding hydrogens is 345 g/mol. The largest absolute Gasteiger partial charge is 0.491 e. The first-order valence-electron chi connectivity index (χ1n) is 7.91. The van der Waals surface area contributed by atoms with Gasteiger partial charge in [0.25, 0.3) is 10.0 Å². The molecule has 1 aliphatic heterocycles. The van der Waals surface area contributed by atoms with Crippen LogP contribution in [0.25, 0.3) is 0 Å². The number of Topliss-reactive ketones (excluding diaryl/α,β-unsaturated/α-hetero) is 1. The van der Waals surface area contributed by atoms with E-state index in [0.29, 0.717) is 5.75 Å². The molecule has 0 fully saturated rings. The van der Waals surface area contributed by atoms with Gasteiger partial charge in [0, 0.05) is 18.5 Å². The molecule has 132 valence electrons. The summed E-state index contributed by atoms with van der Waals surface area (Å²) in [6, 6.07) is 9.68. The van der Waals surface area contributed by atoms with Crippen molar-refractivity contribution in [1.29, 1.82) is 0 Å². The zero-order valence-corrected chi connectivity index (χ0v) is 14.7. The SMILES string of the molecule is CC(C)Oc1ccc(S(=O)(=O)N2CCC(=O)c3cc(F)ccc32)cc1. The van der Waals surface area contributed by atoms with Crippen molar-refractivity contribution in [3.8, 4) is 5.75 Å². The minimum Gasteiger partial charge on any atom is -0.491 e. The van der Waals surface area contributed by atoms with Gasteiger partial charge >= 0.3 is 0 Å². The summed E-state index contributed by atoms with van der Waals surface area (Å²) < 4.78 is 46.0. The summed E-state index contributed by atoms with van der Waals surface area (Å²) in [5, 5.41) is 0. The van der Waals surface area contributed by atoms with E-state index in [4.69, 9.17) is 4.74 Å². The Bertz CT molecular complexity index is 907. The molecule has 0 saturated carbocycles. The first kappa shape index (κ1) is 17.4. The summed E-state index contributed by atoms with van der Waals surface area (Å²) in [5.41, 5.74) is 0.301. The van der Waals surface area contributed by atoms with Crippen LogP contribution in [0.1, 0.15) is 30.6 Å². The van der Waals surface area contributed by atoms with Gasteiger partial charge in [0.15, 0.2) is 5.78 Å². The van der Waals surface area contributed by atoms with Crippen LogP contribution in [0, 0.1) is 5.82 Å². The molecule has 0 atom stereocenters. The van der Waals surface area contributed by atoms with Crippen LogP contribution in [0.3, 0.4) is 0 Å². The number of benzene rings is 2. The van der Waals surface area contributed by atoms with E-state index in [-0.39, 0.29) is 41.0 Å². The Morgan fingerprint density at radius 3 is 2.44 bits per heavy atom. The highest BCUT2D eigenvalue weighted by Gasteiger charge is 2.32. The van der Waals surface area contributed by atoms with E-state index in [0.717, 1.165) is 16.4 Å². The molecule has 0 N–H and O–H groups in total. The van der Waals surface area contributed by atoms with Crippen LogP contribution in [0.5, 0.6) is 5.75 Å². The third-order valence-corrected chi connectivity index (χ3v) is 5.68. The lowest BCUT2D eigenvalue weighted by Crippen LogP contribution is -2.37. The number of nitrogens with zero attached hydrogens (tertiary/aromatic N) is 1. The van der Waals surface area contributed by atoms with Crippen molar-refractivity contribution in [3.63, 3.8) is 0 Å². The zero-order chi connectivity index (χ0) is 18.2. The van der Waals surface area contributed by atoms with E-state index in [2.05, 4.69) is 0 Å². The molecule has 0 saturated heterocycles. The summed E-state index contributed by atoms with van der Waals surface area (Å²) in [7, 11) is -3.85. The molecule has 1 heterocycles. The fraction of sp³-hybridized carbons (Fsp3) is 0.278. The van der Waals surface area contributed by atoms with Crippen molar-refractivity contribution < 1.29 is 22.3 Å². The first-order chi connectivity index (χ1) is 11.8. The average molecular weight is 363 g/mol. The van der Waals surface area contributed by atoms with E-state index >= 15 is 0 Å². The second-order valence-corrected chi connectivity index (χ2v) is 7.91. The molecule has 3 rings (SSSR count). The number of carbonyl (C=O) groups is 1.